The number of hydrogen-bond acceptors (Lipinski definition) is 1. The fraction of sp³-hybridized carbons (Fsp3) is 0.286. The van der Waals surface area contributed by atoms with Crippen LogP contribution in [0.25, 0.3) is 0 Å². The standard InChI is InChI=1S/C7H4BrF4N/c8-3-4-1-2-13-6(5(4)9)7(10,11)12/h1-2H,3H2. The van der Waals surface area contributed by atoms with E-state index >= 15 is 0 Å². The SMILES string of the molecule is Fc1c(CBr)ccnc1C(F)(F)F. The average Bonchev–Trinajstić information content (AvgIpc) is 2.02. The van der Waals surface area contributed by atoms with Crippen LogP contribution in [-0.4, -0.2) is 4.98 Å². The first-order valence-electron chi connectivity index (χ1n) is 3.23. The van der Waals surface area contributed by atoms with Crippen LogP contribution in [-0.2, 0) is 11.5 Å². The predicted octanol–water partition coefficient (Wildman–Crippen LogP) is 3.13. The smallest absolute Gasteiger partial charge is 0.249 e. The van der Waals surface area contributed by atoms with E-state index in [-0.39, 0.29) is 10.9 Å². The zero-order chi connectivity index (χ0) is 10.1. The maximum Gasteiger partial charge on any atom is 0.436 e. The molecule has 0 saturated carbocycles. The molecule has 0 saturated heterocycles. The van der Waals surface area contributed by atoms with Crippen LogP contribution >= 0.6 is 15.9 Å². The first-order chi connectivity index (χ1) is 5.96. The Labute approximate surface area is 79.9 Å². The van der Waals surface area contributed by atoms with E-state index in [1.807, 2.05) is 0 Å². The molecule has 0 bridgehead atoms. The molecule has 0 aromatic carbocycles. The lowest BCUT2D eigenvalue weighted by atomic mass is 10.2. The molecule has 0 amide bonds. The molecule has 6 heteroatoms. The van der Waals surface area contributed by atoms with E-state index in [1.165, 1.54) is 6.07 Å². The Morgan fingerprint density at radius 3 is 2.46 bits per heavy atom. The highest BCUT2D eigenvalue weighted by molar-refractivity contribution is 9.08. The van der Waals surface area contributed by atoms with Gasteiger partial charge in [-0.1, -0.05) is 15.9 Å². The molecule has 1 aromatic heterocycles. The number of rotatable bonds is 1. The second-order valence-electron chi connectivity index (χ2n) is 2.26. The minimum Gasteiger partial charge on any atom is -0.249 e. The summed E-state index contributed by atoms with van der Waals surface area (Å²) < 4.78 is 49.1. The zero-order valence-electron chi connectivity index (χ0n) is 6.20. The number of pyridine rings is 1. The molecule has 1 aromatic rings. The van der Waals surface area contributed by atoms with Crippen molar-refractivity contribution in [3.63, 3.8) is 0 Å². The summed E-state index contributed by atoms with van der Waals surface area (Å²) in [7, 11) is 0. The lowest BCUT2D eigenvalue weighted by Crippen LogP contribution is -2.12. The number of hydrogen-bond donors (Lipinski definition) is 0. The van der Waals surface area contributed by atoms with E-state index in [9.17, 15) is 17.6 Å². The first-order valence-corrected chi connectivity index (χ1v) is 4.35. The Bertz CT molecular complexity index is 310. The summed E-state index contributed by atoms with van der Waals surface area (Å²) in [6.07, 6.45) is -3.80. The Balaban J connectivity index is 3.24. The number of alkyl halides is 4. The highest BCUT2D eigenvalue weighted by Gasteiger charge is 2.36. The van der Waals surface area contributed by atoms with Crippen LogP contribution in [0.2, 0.25) is 0 Å². The van der Waals surface area contributed by atoms with Crippen molar-refractivity contribution in [1.29, 1.82) is 0 Å². The topological polar surface area (TPSA) is 12.9 Å². The van der Waals surface area contributed by atoms with Crippen molar-refractivity contribution in [2.75, 3.05) is 0 Å². The van der Waals surface area contributed by atoms with Gasteiger partial charge in [-0.2, -0.15) is 13.2 Å². The number of nitrogens with zero attached hydrogens (tertiary/aromatic N) is 1. The van der Waals surface area contributed by atoms with Gasteiger partial charge in [-0.25, -0.2) is 9.37 Å². The quantitative estimate of drug-likeness (QED) is 0.557. The van der Waals surface area contributed by atoms with Crippen LogP contribution < -0.4 is 0 Å². The molecule has 0 unspecified atom stereocenters. The molecular weight excluding hydrogens is 254 g/mol. The molecule has 1 nitrogen and oxygen atoms in total. The molecule has 1 rings (SSSR count). The van der Waals surface area contributed by atoms with E-state index in [4.69, 9.17) is 0 Å². The Kier molecular flexibility index (Phi) is 2.90. The summed E-state index contributed by atoms with van der Waals surface area (Å²) in [4.78, 5) is 2.94. The Hall–Kier alpha value is -0.650. The van der Waals surface area contributed by atoms with Crippen LogP contribution in [0.4, 0.5) is 17.6 Å². The third kappa shape index (κ3) is 2.18. The fourth-order valence-electron chi connectivity index (χ4n) is 0.785. The summed E-state index contributed by atoms with van der Waals surface area (Å²) in [5.41, 5.74) is -1.52. The molecule has 0 radical (unpaired) electrons. The van der Waals surface area contributed by atoms with Gasteiger partial charge in [0.2, 0.25) is 0 Å². The van der Waals surface area contributed by atoms with Gasteiger partial charge in [0.05, 0.1) is 0 Å². The number of aromatic nitrogens is 1. The zero-order valence-corrected chi connectivity index (χ0v) is 7.78. The van der Waals surface area contributed by atoms with Crippen molar-refractivity contribution in [3.8, 4) is 0 Å². The van der Waals surface area contributed by atoms with Crippen molar-refractivity contribution in [3.05, 3.63) is 29.3 Å². The first kappa shape index (κ1) is 10.4. The van der Waals surface area contributed by atoms with Gasteiger partial charge in [0.15, 0.2) is 11.5 Å². The maximum absolute atomic E-state index is 13.0. The third-order valence-electron chi connectivity index (χ3n) is 1.38. The summed E-state index contributed by atoms with van der Waals surface area (Å²) in [5.74, 6) is -1.31. The van der Waals surface area contributed by atoms with E-state index in [1.54, 1.807) is 0 Å². The minimum atomic E-state index is -4.73. The summed E-state index contributed by atoms with van der Waals surface area (Å²) in [6.45, 7) is 0. The van der Waals surface area contributed by atoms with Crippen LogP contribution in [0, 0.1) is 5.82 Å². The van der Waals surface area contributed by atoms with Gasteiger partial charge in [0.1, 0.15) is 0 Å². The average molecular weight is 258 g/mol. The van der Waals surface area contributed by atoms with Crippen LogP contribution in [0.15, 0.2) is 12.3 Å². The fourth-order valence-corrected chi connectivity index (χ4v) is 1.22. The molecule has 0 aliphatic rings. The second kappa shape index (κ2) is 3.61. The molecule has 0 spiro atoms. The molecule has 13 heavy (non-hydrogen) atoms. The highest BCUT2D eigenvalue weighted by atomic mass is 79.9. The largest absolute Gasteiger partial charge is 0.436 e. The van der Waals surface area contributed by atoms with E-state index in [0.717, 1.165) is 6.20 Å². The lowest BCUT2D eigenvalue weighted by Gasteiger charge is -2.07. The van der Waals surface area contributed by atoms with Gasteiger partial charge < -0.3 is 0 Å². The van der Waals surface area contributed by atoms with Gasteiger partial charge in [-0.05, 0) is 6.07 Å². The van der Waals surface area contributed by atoms with Gasteiger partial charge in [-0.15, -0.1) is 0 Å². The predicted molar refractivity (Wildman–Crippen MR) is 41.8 cm³/mol. The second-order valence-corrected chi connectivity index (χ2v) is 2.82. The lowest BCUT2D eigenvalue weighted by molar-refractivity contribution is -0.143. The van der Waals surface area contributed by atoms with E-state index in [2.05, 4.69) is 20.9 Å². The van der Waals surface area contributed by atoms with Crippen molar-refractivity contribution in [2.45, 2.75) is 11.5 Å². The third-order valence-corrected chi connectivity index (χ3v) is 1.99. The molecule has 0 atom stereocenters. The summed E-state index contributed by atoms with van der Waals surface area (Å²) in [5, 5.41) is 0.0322. The van der Waals surface area contributed by atoms with Gasteiger partial charge in [-0.3, -0.25) is 0 Å². The van der Waals surface area contributed by atoms with Crippen molar-refractivity contribution < 1.29 is 17.6 Å². The molecule has 1 heterocycles. The van der Waals surface area contributed by atoms with E-state index in [0.29, 0.717) is 0 Å². The highest BCUT2D eigenvalue weighted by Crippen LogP contribution is 2.30. The molecule has 0 fully saturated rings. The summed E-state index contributed by atoms with van der Waals surface area (Å²) in [6, 6.07) is 1.19. The Morgan fingerprint density at radius 1 is 1.38 bits per heavy atom. The van der Waals surface area contributed by atoms with Crippen molar-refractivity contribution >= 4 is 15.9 Å². The van der Waals surface area contributed by atoms with Crippen LogP contribution in [0.5, 0.6) is 0 Å². The van der Waals surface area contributed by atoms with Gasteiger partial charge in [0, 0.05) is 17.1 Å². The monoisotopic (exact) mass is 257 g/mol. The normalized spacial score (nSPS) is 11.8. The number of halogens is 5. The Morgan fingerprint density at radius 2 is 2.00 bits per heavy atom. The molecule has 0 aliphatic heterocycles. The van der Waals surface area contributed by atoms with Gasteiger partial charge >= 0.3 is 6.18 Å². The molecule has 0 aliphatic carbocycles. The van der Waals surface area contributed by atoms with Crippen molar-refractivity contribution in [2.24, 2.45) is 0 Å². The van der Waals surface area contributed by atoms with Crippen molar-refractivity contribution in [1.82, 2.24) is 4.98 Å². The molecule has 72 valence electrons. The summed E-state index contributed by atoms with van der Waals surface area (Å²) >= 11 is 2.87. The molecular formula is C7H4BrF4N. The van der Waals surface area contributed by atoms with Gasteiger partial charge in [0.25, 0.3) is 0 Å². The maximum atomic E-state index is 13.0. The van der Waals surface area contributed by atoms with E-state index < -0.39 is 17.7 Å². The van der Waals surface area contributed by atoms with Crippen LogP contribution in [0.1, 0.15) is 11.3 Å². The molecule has 0 N–H and O–H groups in total. The minimum absolute atomic E-state index is 0.0322. The van der Waals surface area contributed by atoms with Crippen LogP contribution in [0.3, 0.4) is 0 Å².